The van der Waals surface area contributed by atoms with Crippen molar-refractivity contribution >= 4 is 39.2 Å². The third-order valence-corrected chi connectivity index (χ3v) is 6.30. The highest BCUT2D eigenvalue weighted by atomic mass is 32.2. The molecule has 0 saturated heterocycles. The normalized spacial score (nSPS) is 12.3. The first-order valence-electron chi connectivity index (χ1n) is 8.28. The molecule has 0 spiro atoms. The molecule has 0 aliphatic heterocycles. The fraction of sp³-hybridized carbons (Fsp3) is 0.300. The molecule has 0 aliphatic rings. The smallest absolute Gasteiger partial charge is 0.279 e. The second-order valence-electron chi connectivity index (χ2n) is 6.43. The maximum Gasteiger partial charge on any atom is 0.279 e. The first-order chi connectivity index (χ1) is 11.9. The van der Waals surface area contributed by atoms with Crippen molar-refractivity contribution in [2.24, 2.45) is 12.0 Å². The number of aryl methyl sites for hydroxylation is 3. The van der Waals surface area contributed by atoms with E-state index in [1.165, 1.54) is 20.7 Å². The number of hydrogen-bond acceptors (Lipinski definition) is 3. The Morgan fingerprint density at radius 3 is 2.32 bits per heavy atom. The second-order valence-corrected chi connectivity index (χ2v) is 9.06. The van der Waals surface area contributed by atoms with E-state index in [9.17, 15) is 4.79 Å². The minimum Gasteiger partial charge on any atom is -0.319 e. The molecule has 3 aromatic rings. The number of thioether (sulfide) groups is 1. The number of benzene rings is 2. The van der Waals surface area contributed by atoms with Crippen molar-refractivity contribution in [3.63, 3.8) is 0 Å². The van der Waals surface area contributed by atoms with Crippen LogP contribution in [0.2, 0.25) is 0 Å². The number of aromatic nitrogens is 1. The fourth-order valence-electron chi connectivity index (χ4n) is 2.77. The number of carbonyl (C=O) groups is 1. The Morgan fingerprint density at radius 2 is 1.72 bits per heavy atom. The van der Waals surface area contributed by atoms with E-state index in [0.29, 0.717) is 10.8 Å². The molecule has 2 aromatic carbocycles. The summed E-state index contributed by atoms with van der Waals surface area (Å²) >= 11 is 3.36. The number of thiazole rings is 1. The molecule has 1 aromatic heterocycles. The first kappa shape index (κ1) is 18.0. The largest absolute Gasteiger partial charge is 0.319 e. The van der Waals surface area contributed by atoms with E-state index in [1.807, 2.05) is 35.9 Å². The van der Waals surface area contributed by atoms with Crippen LogP contribution in [0.25, 0.3) is 10.2 Å². The summed E-state index contributed by atoms with van der Waals surface area (Å²) in [5.74, 6) is -0.196. The Bertz CT molecular complexity index is 995. The van der Waals surface area contributed by atoms with Gasteiger partial charge in [-0.15, -0.1) is 11.8 Å². The van der Waals surface area contributed by atoms with Gasteiger partial charge in [0.25, 0.3) is 5.91 Å². The van der Waals surface area contributed by atoms with Crippen LogP contribution in [-0.4, -0.2) is 15.7 Å². The Hall–Kier alpha value is -1.85. The highest BCUT2D eigenvalue weighted by molar-refractivity contribution is 7.99. The van der Waals surface area contributed by atoms with Gasteiger partial charge in [-0.05, 0) is 49.2 Å². The van der Waals surface area contributed by atoms with Crippen molar-refractivity contribution in [1.82, 2.24) is 4.57 Å². The molecule has 0 atom stereocenters. The minimum atomic E-state index is -0.196. The van der Waals surface area contributed by atoms with Gasteiger partial charge in [0, 0.05) is 22.8 Å². The average Bonchev–Trinajstić information content (AvgIpc) is 2.89. The number of nitrogens with zero attached hydrogens (tertiary/aromatic N) is 2. The van der Waals surface area contributed by atoms with E-state index in [1.54, 1.807) is 23.1 Å². The monoisotopic (exact) mass is 370 g/mol. The number of rotatable bonds is 3. The van der Waals surface area contributed by atoms with E-state index in [4.69, 9.17) is 0 Å². The van der Waals surface area contributed by atoms with Crippen LogP contribution < -0.4 is 4.80 Å². The summed E-state index contributed by atoms with van der Waals surface area (Å²) < 4.78 is 3.21. The Labute approximate surface area is 156 Å². The van der Waals surface area contributed by atoms with Crippen LogP contribution in [-0.2, 0) is 7.05 Å². The lowest BCUT2D eigenvalue weighted by molar-refractivity contribution is 0.0998. The van der Waals surface area contributed by atoms with Gasteiger partial charge < -0.3 is 4.57 Å². The first-order valence-corrected chi connectivity index (χ1v) is 9.98. The summed E-state index contributed by atoms with van der Waals surface area (Å²) in [5, 5.41) is 0.523. The highest BCUT2D eigenvalue weighted by Gasteiger charge is 2.10. The number of carbonyl (C=O) groups excluding carboxylic acids is 1. The van der Waals surface area contributed by atoms with E-state index in [2.05, 4.69) is 44.8 Å². The molecule has 3 nitrogen and oxygen atoms in total. The molecular formula is C20H22N2OS2. The van der Waals surface area contributed by atoms with Gasteiger partial charge in [0.05, 0.1) is 10.2 Å². The highest BCUT2D eigenvalue weighted by Crippen LogP contribution is 2.25. The van der Waals surface area contributed by atoms with Crippen molar-refractivity contribution in [2.75, 3.05) is 0 Å². The molecular weight excluding hydrogens is 348 g/mol. The molecule has 25 heavy (non-hydrogen) atoms. The van der Waals surface area contributed by atoms with E-state index in [0.717, 1.165) is 10.3 Å². The summed E-state index contributed by atoms with van der Waals surface area (Å²) in [6.07, 6.45) is 0. The van der Waals surface area contributed by atoms with Crippen LogP contribution in [0.1, 0.15) is 35.3 Å². The minimum absolute atomic E-state index is 0.196. The third-order valence-electron chi connectivity index (χ3n) is 4.02. The van der Waals surface area contributed by atoms with E-state index < -0.39 is 0 Å². The zero-order valence-corrected chi connectivity index (χ0v) is 16.8. The molecule has 3 rings (SSSR count). The summed E-state index contributed by atoms with van der Waals surface area (Å²) in [5.41, 5.74) is 4.19. The quantitative estimate of drug-likeness (QED) is 0.601. The predicted molar refractivity (Wildman–Crippen MR) is 108 cm³/mol. The molecule has 0 saturated carbocycles. The van der Waals surface area contributed by atoms with Crippen molar-refractivity contribution in [3.05, 3.63) is 57.9 Å². The molecule has 0 aliphatic carbocycles. The maximum absolute atomic E-state index is 12.6. The average molecular weight is 371 g/mol. The van der Waals surface area contributed by atoms with Crippen LogP contribution in [0.15, 0.2) is 46.3 Å². The molecule has 1 heterocycles. The Balaban J connectivity index is 1.99. The molecule has 0 radical (unpaired) electrons. The number of amides is 1. The van der Waals surface area contributed by atoms with Gasteiger partial charge >= 0.3 is 0 Å². The van der Waals surface area contributed by atoms with Crippen LogP contribution in [0.4, 0.5) is 0 Å². The standard InChI is InChI=1S/C20H22N2OS2/c1-12(2)24-16-10-8-15(9-11-16)19(23)21-20-22(5)17-13(3)6-7-14(4)18(17)25-20/h6-12H,1-5H3. The number of fused-ring (bicyclic) bond motifs is 1. The number of hydrogen-bond donors (Lipinski definition) is 0. The molecule has 0 bridgehead atoms. The molecule has 5 heteroatoms. The fourth-order valence-corrected chi connectivity index (χ4v) is 4.77. The molecule has 0 unspecified atom stereocenters. The lowest BCUT2D eigenvalue weighted by Crippen LogP contribution is -2.13. The van der Waals surface area contributed by atoms with Crippen molar-refractivity contribution < 1.29 is 4.79 Å². The lowest BCUT2D eigenvalue weighted by Gasteiger charge is -2.04. The second kappa shape index (κ2) is 7.18. The molecule has 130 valence electrons. The third kappa shape index (κ3) is 3.72. The van der Waals surface area contributed by atoms with Gasteiger partial charge in [0.15, 0.2) is 4.80 Å². The van der Waals surface area contributed by atoms with Crippen LogP contribution in [0.3, 0.4) is 0 Å². The van der Waals surface area contributed by atoms with Crippen molar-refractivity contribution in [2.45, 2.75) is 37.8 Å². The van der Waals surface area contributed by atoms with Crippen LogP contribution in [0, 0.1) is 13.8 Å². The SMILES string of the molecule is Cc1ccc(C)c2c1sc(=NC(=O)c1ccc(SC(C)C)cc1)n2C. The lowest BCUT2D eigenvalue weighted by atomic mass is 10.1. The van der Waals surface area contributed by atoms with Crippen molar-refractivity contribution in [1.29, 1.82) is 0 Å². The molecule has 0 N–H and O–H groups in total. The summed E-state index contributed by atoms with van der Waals surface area (Å²) in [7, 11) is 1.97. The van der Waals surface area contributed by atoms with Gasteiger partial charge in [-0.3, -0.25) is 4.79 Å². The van der Waals surface area contributed by atoms with Gasteiger partial charge in [0.1, 0.15) is 0 Å². The Kier molecular flexibility index (Phi) is 5.16. The zero-order valence-electron chi connectivity index (χ0n) is 15.2. The maximum atomic E-state index is 12.6. The summed E-state index contributed by atoms with van der Waals surface area (Å²) in [4.78, 5) is 18.8. The van der Waals surface area contributed by atoms with E-state index in [-0.39, 0.29) is 5.91 Å². The van der Waals surface area contributed by atoms with Crippen LogP contribution in [0.5, 0.6) is 0 Å². The van der Waals surface area contributed by atoms with Gasteiger partial charge in [0.2, 0.25) is 0 Å². The predicted octanol–water partition coefficient (Wildman–Crippen LogP) is 5.10. The molecule has 1 amide bonds. The van der Waals surface area contributed by atoms with Gasteiger partial charge in [-0.25, -0.2) is 0 Å². The zero-order chi connectivity index (χ0) is 18.1. The topological polar surface area (TPSA) is 34.4 Å². The van der Waals surface area contributed by atoms with Crippen LogP contribution >= 0.6 is 23.1 Å². The molecule has 0 fully saturated rings. The summed E-state index contributed by atoms with van der Waals surface area (Å²) in [6, 6.07) is 11.9. The van der Waals surface area contributed by atoms with Gasteiger partial charge in [-0.2, -0.15) is 4.99 Å². The van der Waals surface area contributed by atoms with Gasteiger partial charge in [-0.1, -0.05) is 37.3 Å². The summed E-state index contributed by atoms with van der Waals surface area (Å²) in [6.45, 7) is 8.50. The van der Waals surface area contributed by atoms with Crippen molar-refractivity contribution in [3.8, 4) is 0 Å². The van der Waals surface area contributed by atoms with E-state index >= 15 is 0 Å². The Morgan fingerprint density at radius 1 is 1.08 bits per heavy atom.